The third kappa shape index (κ3) is 2.52. The quantitative estimate of drug-likeness (QED) is 0.616. The lowest BCUT2D eigenvalue weighted by atomic mass is 10.1. The Morgan fingerprint density at radius 1 is 1.47 bits per heavy atom. The molecular formula is C11H16N4O2. The molecule has 0 radical (unpaired) electrons. The van der Waals surface area contributed by atoms with Crippen LogP contribution >= 0.6 is 0 Å². The highest BCUT2D eigenvalue weighted by molar-refractivity contribution is 5.62. The topological polar surface area (TPSA) is 71.3 Å². The summed E-state index contributed by atoms with van der Waals surface area (Å²) in [6, 6.07) is 2.36. The summed E-state index contributed by atoms with van der Waals surface area (Å²) in [5, 5.41) is 14.4. The Morgan fingerprint density at radius 3 is 2.71 bits per heavy atom. The van der Waals surface area contributed by atoms with Gasteiger partial charge < -0.3 is 10.2 Å². The van der Waals surface area contributed by atoms with E-state index in [4.69, 9.17) is 0 Å². The van der Waals surface area contributed by atoms with Crippen LogP contribution < -0.4 is 10.2 Å². The van der Waals surface area contributed by atoms with E-state index in [1.807, 2.05) is 4.90 Å². The van der Waals surface area contributed by atoms with Crippen LogP contribution in [0.1, 0.15) is 13.8 Å². The van der Waals surface area contributed by atoms with Gasteiger partial charge in [-0.15, -0.1) is 0 Å². The first-order valence-corrected chi connectivity index (χ1v) is 5.67. The smallest absolute Gasteiger partial charge is 0.310 e. The van der Waals surface area contributed by atoms with Crippen molar-refractivity contribution < 1.29 is 4.92 Å². The fraction of sp³-hybridized carbons (Fsp3) is 0.545. The van der Waals surface area contributed by atoms with E-state index >= 15 is 0 Å². The molecule has 0 aromatic carbocycles. The number of anilines is 1. The van der Waals surface area contributed by atoms with Gasteiger partial charge in [0.25, 0.3) is 0 Å². The van der Waals surface area contributed by atoms with E-state index in [-0.39, 0.29) is 10.6 Å². The van der Waals surface area contributed by atoms with E-state index < -0.39 is 0 Å². The first-order valence-electron chi connectivity index (χ1n) is 5.67. The van der Waals surface area contributed by atoms with Crippen LogP contribution in [0.15, 0.2) is 18.5 Å². The first-order chi connectivity index (χ1) is 8.08. The molecule has 6 nitrogen and oxygen atoms in total. The molecule has 0 spiro atoms. The van der Waals surface area contributed by atoms with Gasteiger partial charge in [-0.25, -0.2) is 0 Å². The standard InChI is InChI=1S/C11H16N4O2/c1-8-6-14(7-9(2)13-8)10-3-4-12-5-11(10)15(16)17/h3-5,8-9,13H,6-7H2,1-2H3. The highest BCUT2D eigenvalue weighted by Gasteiger charge is 2.26. The van der Waals surface area contributed by atoms with E-state index in [0.717, 1.165) is 13.1 Å². The zero-order chi connectivity index (χ0) is 12.4. The first kappa shape index (κ1) is 11.8. The van der Waals surface area contributed by atoms with Crippen LogP contribution in [-0.2, 0) is 0 Å². The summed E-state index contributed by atoms with van der Waals surface area (Å²) in [6.07, 6.45) is 2.91. The highest BCUT2D eigenvalue weighted by atomic mass is 16.6. The van der Waals surface area contributed by atoms with Crippen LogP contribution in [0, 0.1) is 10.1 Å². The molecule has 2 unspecified atom stereocenters. The van der Waals surface area contributed by atoms with Gasteiger partial charge >= 0.3 is 5.69 Å². The van der Waals surface area contributed by atoms with Crippen molar-refractivity contribution in [2.24, 2.45) is 0 Å². The fourth-order valence-corrected chi connectivity index (χ4v) is 2.31. The van der Waals surface area contributed by atoms with E-state index in [9.17, 15) is 10.1 Å². The zero-order valence-electron chi connectivity index (χ0n) is 9.96. The number of pyridine rings is 1. The number of nitro groups is 1. The Balaban J connectivity index is 2.30. The molecular weight excluding hydrogens is 220 g/mol. The SMILES string of the molecule is CC1CN(c2ccncc2[N+](=O)[O-])CC(C)N1. The number of piperazine rings is 1. The molecule has 1 saturated heterocycles. The van der Waals surface area contributed by atoms with E-state index in [2.05, 4.69) is 24.1 Å². The monoisotopic (exact) mass is 236 g/mol. The maximum atomic E-state index is 11.0. The highest BCUT2D eigenvalue weighted by Crippen LogP contribution is 2.27. The molecule has 0 saturated carbocycles. The third-order valence-electron chi connectivity index (χ3n) is 2.87. The largest absolute Gasteiger partial charge is 0.363 e. The molecule has 1 aromatic rings. The third-order valence-corrected chi connectivity index (χ3v) is 2.87. The summed E-state index contributed by atoms with van der Waals surface area (Å²) in [7, 11) is 0. The number of aromatic nitrogens is 1. The maximum absolute atomic E-state index is 11.0. The Bertz CT molecular complexity index is 414. The van der Waals surface area contributed by atoms with Crippen molar-refractivity contribution in [1.82, 2.24) is 10.3 Å². The van der Waals surface area contributed by atoms with Gasteiger partial charge in [0.05, 0.1) is 4.92 Å². The molecule has 17 heavy (non-hydrogen) atoms. The minimum absolute atomic E-state index is 0.0776. The van der Waals surface area contributed by atoms with Crippen LogP contribution in [0.3, 0.4) is 0 Å². The number of rotatable bonds is 2. The number of hydrogen-bond donors (Lipinski definition) is 1. The predicted molar refractivity (Wildman–Crippen MR) is 65.2 cm³/mol. The average Bonchev–Trinajstić information content (AvgIpc) is 2.27. The lowest BCUT2D eigenvalue weighted by molar-refractivity contribution is -0.384. The molecule has 6 heteroatoms. The second-order valence-electron chi connectivity index (χ2n) is 4.50. The average molecular weight is 236 g/mol. The Kier molecular flexibility index (Phi) is 3.23. The molecule has 2 heterocycles. The molecule has 1 fully saturated rings. The van der Waals surface area contributed by atoms with Gasteiger partial charge in [-0.3, -0.25) is 15.1 Å². The molecule has 0 amide bonds. The molecule has 2 rings (SSSR count). The van der Waals surface area contributed by atoms with E-state index in [0.29, 0.717) is 17.8 Å². The molecule has 0 aliphatic carbocycles. The summed E-state index contributed by atoms with van der Waals surface area (Å²) in [5.41, 5.74) is 0.735. The Hall–Kier alpha value is -1.69. The minimum Gasteiger partial charge on any atom is -0.363 e. The zero-order valence-corrected chi connectivity index (χ0v) is 9.96. The van der Waals surface area contributed by atoms with Gasteiger partial charge in [0.1, 0.15) is 11.9 Å². The van der Waals surface area contributed by atoms with Gasteiger partial charge in [-0.1, -0.05) is 0 Å². The lowest BCUT2D eigenvalue weighted by Crippen LogP contribution is -2.54. The molecule has 2 atom stereocenters. The van der Waals surface area contributed by atoms with Gasteiger partial charge in [-0.05, 0) is 19.9 Å². The minimum atomic E-state index is -0.375. The van der Waals surface area contributed by atoms with Crippen LogP contribution in [0.5, 0.6) is 0 Å². The summed E-state index contributed by atoms with van der Waals surface area (Å²) in [5.74, 6) is 0. The molecule has 1 aliphatic rings. The molecule has 0 bridgehead atoms. The lowest BCUT2D eigenvalue weighted by Gasteiger charge is -2.37. The molecule has 92 valence electrons. The van der Waals surface area contributed by atoms with Crippen molar-refractivity contribution in [2.75, 3.05) is 18.0 Å². The van der Waals surface area contributed by atoms with E-state index in [1.165, 1.54) is 6.20 Å². The normalized spacial score (nSPS) is 24.7. The van der Waals surface area contributed by atoms with Crippen molar-refractivity contribution in [3.8, 4) is 0 Å². The van der Waals surface area contributed by atoms with Gasteiger partial charge in [-0.2, -0.15) is 0 Å². The number of nitrogens with one attached hydrogen (secondary N) is 1. The summed E-state index contributed by atoms with van der Waals surface area (Å²) in [6.45, 7) is 5.70. The molecule has 1 N–H and O–H groups in total. The van der Waals surface area contributed by atoms with Crippen LogP contribution in [0.4, 0.5) is 11.4 Å². The number of nitrogens with zero attached hydrogens (tertiary/aromatic N) is 3. The molecule has 1 aromatic heterocycles. The van der Waals surface area contributed by atoms with Crippen LogP contribution in [-0.4, -0.2) is 35.1 Å². The molecule has 1 aliphatic heterocycles. The Labute approximate surface area is 99.8 Å². The summed E-state index contributed by atoms with van der Waals surface area (Å²) >= 11 is 0. The fourth-order valence-electron chi connectivity index (χ4n) is 2.31. The van der Waals surface area contributed by atoms with Crippen molar-refractivity contribution in [1.29, 1.82) is 0 Å². The second kappa shape index (κ2) is 4.67. The maximum Gasteiger partial charge on any atom is 0.310 e. The summed E-state index contributed by atoms with van der Waals surface area (Å²) in [4.78, 5) is 16.4. The number of hydrogen-bond acceptors (Lipinski definition) is 5. The van der Waals surface area contributed by atoms with Crippen molar-refractivity contribution in [3.05, 3.63) is 28.6 Å². The van der Waals surface area contributed by atoms with Gasteiger partial charge in [0.15, 0.2) is 0 Å². The Morgan fingerprint density at radius 2 is 2.12 bits per heavy atom. The van der Waals surface area contributed by atoms with E-state index in [1.54, 1.807) is 12.3 Å². The van der Waals surface area contributed by atoms with Crippen LogP contribution in [0.2, 0.25) is 0 Å². The van der Waals surface area contributed by atoms with Crippen molar-refractivity contribution in [2.45, 2.75) is 25.9 Å². The predicted octanol–water partition coefficient (Wildman–Crippen LogP) is 1.18. The van der Waals surface area contributed by atoms with Crippen molar-refractivity contribution >= 4 is 11.4 Å². The van der Waals surface area contributed by atoms with Crippen molar-refractivity contribution in [3.63, 3.8) is 0 Å². The van der Waals surface area contributed by atoms with Gasteiger partial charge in [0, 0.05) is 31.4 Å². The van der Waals surface area contributed by atoms with Crippen LogP contribution in [0.25, 0.3) is 0 Å². The summed E-state index contributed by atoms with van der Waals surface area (Å²) < 4.78 is 0. The van der Waals surface area contributed by atoms with Gasteiger partial charge in [0.2, 0.25) is 0 Å². The second-order valence-corrected chi connectivity index (χ2v) is 4.50.